The van der Waals surface area contributed by atoms with Crippen molar-refractivity contribution in [2.24, 2.45) is 0 Å². The third-order valence-corrected chi connectivity index (χ3v) is 2.65. The van der Waals surface area contributed by atoms with E-state index in [0.29, 0.717) is 22.2 Å². The topological polar surface area (TPSA) is 45.9 Å². The number of nitriles is 1. The summed E-state index contributed by atoms with van der Waals surface area (Å²) in [7, 11) is 0. The molecular weight excluding hydrogens is 248 g/mol. The van der Waals surface area contributed by atoms with E-state index in [2.05, 4.69) is 11.1 Å². The van der Waals surface area contributed by atoms with Gasteiger partial charge in [-0.25, -0.2) is 4.98 Å². The normalized spacial score (nSPS) is 9.89. The Labute approximate surface area is 111 Å². The second kappa shape index (κ2) is 5.07. The highest BCUT2D eigenvalue weighted by atomic mass is 35.5. The zero-order valence-electron chi connectivity index (χ0n) is 10.1. The Kier molecular flexibility index (Phi) is 3.50. The van der Waals surface area contributed by atoms with Gasteiger partial charge in [0.1, 0.15) is 5.75 Å². The molecule has 2 rings (SSSR count). The van der Waals surface area contributed by atoms with Gasteiger partial charge >= 0.3 is 0 Å². The molecule has 0 atom stereocenters. The molecule has 1 heterocycles. The summed E-state index contributed by atoms with van der Waals surface area (Å²) < 4.78 is 5.67. The van der Waals surface area contributed by atoms with Gasteiger partial charge in [0.25, 0.3) is 0 Å². The first-order valence-electron chi connectivity index (χ1n) is 5.41. The number of aryl methyl sites for hydroxylation is 2. The molecule has 0 aliphatic heterocycles. The molecule has 90 valence electrons. The maximum Gasteiger partial charge on any atom is 0.220 e. The predicted molar refractivity (Wildman–Crippen MR) is 70.0 cm³/mol. The minimum absolute atomic E-state index is 0.414. The van der Waals surface area contributed by atoms with Crippen molar-refractivity contribution in [2.45, 2.75) is 13.8 Å². The van der Waals surface area contributed by atoms with Crippen LogP contribution in [0.4, 0.5) is 0 Å². The van der Waals surface area contributed by atoms with Gasteiger partial charge in [-0.3, -0.25) is 0 Å². The van der Waals surface area contributed by atoms with Crippen molar-refractivity contribution in [1.82, 2.24) is 4.98 Å². The number of ether oxygens (including phenoxy) is 1. The summed E-state index contributed by atoms with van der Waals surface area (Å²) in [5, 5.41) is 9.55. The number of aromatic nitrogens is 1. The summed E-state index contributed by atoms with van der Waals surface area (Å²) in [5.74, 6) is 1.10. The molecule has 1 aromatic carbocycles. The minimum atomic E-state index is 0.414. The highest BCUT2D eigenvalue weighted by Crippen LogP contribution is 2.26. The molecule has 0 bridgehead atoms. The number of nitrogens with zero attached hydrogens (tertiary/aromatic N) is 2. The second-order valence-electron chi connectivity index (χ2n) is 3.96. The molecule has 0 saturated heterocycles. The quantitative estimate of drug-likeness (QED) is 0.817. The smallest absolute Gasteiger partial charge is 0.220 e. The Hall–Kier alpha value is -2.05. The van der Waals surface area contributed by atoms with Crippen LogP contribution in [-0.4, -0.2) is 4.98 Å². The Morgan fingerprint density at radius 1 is 1.22 bits per heavy atom. The average Bonchev–Trinajstić information content (AvgIpc) is 2.32. The predicted octanol–water partition coefficient (Wildman–Crippen LogP) is 4.02. The van der Waals surface area contributed by atoms with Crippen LogP contribution in [0, 0.1) is 25.2 Å². The van der Waals surface area contributed by atoms with Gasteiger partial charge in [-0.05, 0) is 43.7 Å². The Balaban J connectivity index is 2.34. The monoisotopic (exact) mass is 258 g/mol. The maximum absolute atomic E-state index is 8.89. The highest BCUT2D eigenvalue weighted by Gasteiger charge is 2.05. The van der Waals surface area contributed by atoms with Gasteiger partial charge in [0.2, 0.25) is 5.88 Å². The lowest BCUT2D eigenvalue weighted by atomic mass is 10.2. The summed E-state index contributed by atoms with van der Waals surface area (Å²) in [6, 6.07) is 10.8. The fourth-order valence-electron chi connectivity index (χ4n) is 1.59. The van der Waals surface area contributed by atoms with Crippen LogP contribution >= 0.6 is 11.6 Å². The molecule has 0 N–H and O–H groups in total. The highest BCUT2D eigenvalue weighted by molar-refractivity contribution is 6.30. The van der Waals surface area contributed by atoms with E-state index in [1.807, 2.05) is 19.9 Å². The number of benzene rings is 1. The lowest BCUT2D eigenvalue weighted by Gasteiger charge is -2.08. The molecular formula is C14H11ClN2O. The van der Waals surface area contributed by atoms with Crippen molar-refractivity contribution in [3.8, 4) is 17.7 Å². The van der Waals surface area contributed by atoms with Gasteiger partial charge in [-0.2, -0.15) is 5.26 Å². The molecule has 0 unspecified atom stereocenters. The SMILES string of the molecule is Cc1cc(C#N)cc(Oc2ccc(Cl)cc2C)n1. The van der Waals surface area contributed by atoms with Crippen LogP contribution in [0.1, 0.15) is 16.8 Å². The lowest BCUT2D eigenvalue weighted by Crippen LogP contribution is -1.93. The average molecular weight is 259 g/mol. The van der Waals surface area contributed by atoms with Crippen molar-refractivity contribution in [2.75, 3.05) is 0 Å². The number of hydrogen-bond acceptors (Lipinski definition) is 3. The minimum Gasteiger partial charge on any atom is -0.439 e. The van der Waals surface area contributed by atoms with E-state index in [0.717, 1.165) is 11.3 Å². The van der Waals surface area contributed by atoms with E-state index in [1.165, 1.54) is 0 Å². The molecule has 4 heteroatoms. The molecule has 0 aliphatic carbocycles. The number of pyridine rings is 1. The maximum atomic E-state index is 8.89. The Bertz CT molecular complexity index is 632. The Morgan fingerprint density at radius 2 is 2.00 bits per heavy atom. The van der Waals surface area contributed by atoms with E-state index in [1.54, 1.807) is 24.3 Å². The van der Waals surface area contributed by atoms with Gasteiger partial charge in [0, 0.05) is 16.8 Å². The molecule has 1 aromatic heterocycles. The molecule has 0 saturated carbocycles. The zero-order valence-corrected chi connectivity index (χ0v) is 10.8. The third-order valence-electron chi connectivity index (χ3n) is 2.41. The van der Waals surface area contributed by atoms with Crippen molar-refractivity contribution in [3.63, 3.8) is 0 Å². The molecule has 3 nitrogen and oxygen atoms in total. The van der Waals surface area contributed by atoms with Crippen molar-refractivity contribution < 1.29 is 4.74 Å². The van der Waals surface area contributed by atoms with E-state index in [4.69, 9.17) is 21.6 Å². The fraction of sp³-hybridized carbons (Fsp3) is 0.143. The standard InChI is InChI=1S/C14H11ClN2O/c1-9-5-12(15)3-4-13(9)18-14-7-11(8-16)6-10(2)17-14/h3-7H,1-2H3. The van der Waals surface area contributed by atoms with E-state index < -0.39 is 0 Å². The lowest BCUT2D eigenvalue weighted by molar-refractivity contribution is 0.458. The summed E-state index contributed by atoms with van der Waals surface area (Å²) in [6.07, 6.45) is 0. The summed E-state index contributed by atoms with van der Waals surface area (Å²) >= 11 is 5.88. The number of halogens is 1. The third kappa shape index (κ3) is 2.79. The van der Waals surface area contributed by atoms with Crippen LogP contribution < -0.4 is 4.74 Å². The largest absolute Gasteiger partial charge is 0.439 e. The molecule has 0 aliphatic rings. The molecule has 0 fully saturated rings. The summed E-state index contributed by atoms with van der Waals surface area (Å²) in [4.78, 5) is 4.23. The van der Waals surface area contributed by atoms with Gasteiger partial charge in [0.05, 0.1) is 11.6 Å². The number of hydrogen-bond donors (Lipinski definition) is 0. The van der Waals surface area contributed by atoms with E-state index in [-0.39, 0.29) is 0 Å². The van der Waals surface area contributed by atoms with Gasteiger partial charge in [-0.15, -0.1) is 0 Å². The first kappa shape index (κ1) is 12.4. The first-order valence-corrected chi connectivity index (χ1v) is 5.79. The second-order valence-corrected chi connectivity index (χ2v) is 4.40. The molecule has 0 radical (unpaired) electrons. The first-order chi connectivity index (χ1) is 8.58. The molecule has 0 spiro atoms. The molecule has 0 amide bonds. The van der Waals surface area contributed by atoms with Crippen LogP contribution in [0.2, 0.25) is 5.02 Å². The van der Waals surface area contributed by atoms with Gasteiger partial charge in [0.15, 0.2) is 0 Å². The van der Waals surface area contributed by atoms with Crippen molar-refractivity contribution in [3.05, 3.63) is 52.2 Å². The van der Waals surface area contributed by atoms with Crippen LogP contribution in [0.5, 0.6) is 11.6 Å². The van der Waals surface area contributed by atoms with Gasteiger partial charge in [-0.1, -0.05) is 11.6 Å². The van der Waals surface area contributed by atoms with E-state index in [9.17, 15) is 0 Å². The summed E-state index contributed by atoms with van der Waals surface area (Å²) in [6.45, 7) is 3.73. The fourth-order valence-corrected chi connectivity index (χ4v) is 1.82. The summed E-state index contributed by atoms with van der Waals surface area (Å²) in [5.41, 5.74) is 2.20. The van der Waals surface area contributed by atoms with Crippen LogP contribution in [0.15, 0.2) is 30.3 Å². The Morgan fingerprint density at radius 3 is 2.67 bits per heavy atom. The van der Waals surface area contributed by atoms with Crippen molar-refractivity contribution >= 4 is 11.6 Å². The van der Waals surface area contributed by atoms with Crippen LogP contribution in [-0.2, 0) is 0 Å². The van der Waals surface area contributed by atoms with Crippen molar-refractivity contribution in [1.29, 1.82) is 5.26 Å². The molecule has 2 aromatic rings. The zero-order chi connectivity index (χ0) is 13.1. The van der Waals surface area contributed by atoms with E-state index >= 15 is 0 Å². The van der Waals surface area contributed by atoms with Crippen LogP contribution in [0.25, 0.3) is 0 Å². The van der Waals surface area contributed by atoms with Crippen LogP contribution in [0.3, 0.4) is 0 Å². The van der Waals surface area contributed by atoms with Gasteiger partial charge < -0.3 is 4.74 Å². The molecule has 18 heavy (non-hydrogen) atoms. The number of rotatable bonds is 2.